The normalized spacial score (nSPS) is 17.9. The molecule has 0 spiro atoms. The van der Waals surface area contributed by atoms with E-state index in [-0.39, 0.29) is 5.75 Å². The molecule has 3 N–H and O–H groups in total. The maximum Gasteiger partial charge on any atom is 0.267 e. The van der Waals surface area contributed by atoms with Gasteiger partial charge in [-0.1, -0.05) is 5.16 Å². The van der Waals surface area contributed by atoms with Crippen molar-refractivity contribution in [2.75, 3.05) is 39.9 Å². The number of aromatic hydroxyl groups is 1. The molecule has 1 aliphatic rings. The zero-order chi connectivity index (χ0) is 15.8. The van der Waals surface area contributed by atoms with Gasteiger partial charge in [-0.25, -0.2) is 4.98 Å². The van der Waals surface area contributed by atoms with Gasteiger partial charge in [0.05, 0.1) is 26.8 Å². The van der Waals surface area contributed by atoms with Gasteiger partial charge >= 0.3 is 0 Å². The van der Waals surface area contributed by atoms with Gasteiger partial charge in [-0.3, -0.25) is 0 Å². The third-order valence-corrected chi connectivity index (χ3v) is 4.40. The van der Waals surface area contributed by atoms with Crippen molar-refractivity contribution >= 4 is 6.21 Å². The highest BCUT2D eigenvalue weighted by Gasteiger charge is 2.24. The van der Waals surface area contributed by atoms with Crippen LogP contribution < -0.4 is 4.98 Å². The van der Waals surface area contributed by atoms with Gasteiger partial charge in [0.25, 0.3) is 5.69 Å². The first-order valence-corrected chi connectivity index (χ1v) is 7.96. The summed E-state index contributed by atoms with van der Waals surface area (Å²) >= 11 is 0. The molecule has 1 fully saturated rings. The van der Waals surface area contributed by atoms with E-state index in [4.69, 9.17) is 9.94 Å². The summed E-state index contributed by atoms with van der Waals surface area (Å²) < 4.78 is 6.55. The number of hydrogen-bond donors (Lipinski definition) is 2. The Bertz CT molecular complexity index is 499. The lowest BCUT2D eigenvalue weighted by Crippen LogP contribution is -2.52. The Balaban J connectivity index is 1.71. The molecule has 0 aromatic carbocycles. The Kier molecular flexibility index (Phi) is 6.15. The molecule has 1 aliphatic heterocycles. The van der Waals surface area contributed by atoms with Crippen molar-refractivity contribution in [2.24, 2.45) is 5.16 Å². The number of nitrogens with one attached hydrogen (secondary N) is 1. The van der Waals surface area contributed by atoms with Crippen LogP contribution in [-0.2, 0) is 11.2 Å². The van der Waals surface area contributed by atoms with Crippen molar-refractivity contribution in [1.82, 2.24) is 0 Å². The Morgan fingerprint density at radius 1 is 1.27 bits per heavy atom. The summed E-state index contributed by atoms with van der Waals surface area (Å²) in [6, 6.07) is 3.50. The first-order valence-electron chi connectivity index (χ1n) is 7.96. The lowest BCUT2D eigenvalue weighted by atomic mass is 10.1. The number of oxime groups is 1. The van der Waals surface area contributed by atoms with Crippen LogP contribution in [0.3, 0.4) is 0 Å². The minimum absolute atomic E-state index is 0.0892. The monoisotopic (exact) mass is 309 g/mol. The van der Waals surface area contributed by atoms with E-state index in [1.807, 2.05) is 6.07 Å². The summed E-state index contributed by atoms with van der Waals surface area (Å²) in [4.78, 5) is 3.08. The van der Waals surface area contributed by atoms with Crippen molar-refractivity contribution in [3.05, 3.63) is 23.5 Å². The van der Waals surface area contributed by atoms with Gasteiger partial charge in [-0.05, 0) is 25.3 Å². The standard InChI is InChI=1S/C16H25N3O3/c1-19(9-11-22-12-10-19)8-4-2-3-5-14-6-7-16(20)15(18-14)13-17-21/h6-7,13H,2-5,8-12H2,1H3,(H-,17,18,20,21)/p+2. The number of nitrogens with zero attached hydrogens (tertiary/aromatic N) is 2. The highest BCUT2D eigenvalue weighted by molar-refractivity contribution is 5.77. The van der Waals surface area contributed by atoms with Crippen LogP contribution in [0, 0.1) is 0 Å². The summed E-state index contributed by atoms with van der Waals surface area (Å²) in [5.41, 5.74) is 1.48. The fourth-order valence-corrected chi connectivity index (χ4v) is 2.84. The molecule has 1 aromatic rings. The maximum atomic E-state index is 9.60. The largest absolute Gasteiger partial charge is 0.502 e. The van der Waals surface area contributed by atoms with Gasteiger partial charge in [-0.2, -0.15) is 0 Å². The molecule has 0 saturated carbocycles. The number of unbranched alkanes of at least 4 members (excludes halogenated alkanes) is 2. The lowest BCUT2D eigenvalue weighted by Gasteiger charge is -2.37. The van der Waals surface area contributed by atoms with E-state index in [9.17, 15) is 5.11 Å². The van der Waals surface area contributed by atoms with Gasteiger partial charge in [0, 0.05) is 12.5 Å². The second-order valence-corrected chi connectivity index (χ2v) is 6.24. The van der Waals surface area contributed by atoms with Crippen LogP contribution in [0.15, 0.2) is 17.3 Å². The number of hydrogen-bond acceptors (Lipinski definition) is 4. The van der Waals surface area contributed by atoms with Crippen LogP contribution in [0.2, 0.25) is 0 Å². The summed E-state index contributed by atoms with van der Waals surface area (Å²) in [5, 5.41) is 21.1. The number of morpholine rings is 1. The van der Waals surface area contributed by atoms with E-state index < -0.39 is 0 Å². The highest BCUT2D eigenvalue weighted by Crippen LogP contribution is 2.13. The van der Waals surface area contributed by atoms with E-state index in [1.165, 1.54) is 25.6 Å². The molecule has 0 atom stereocenters. The third-order valence-electron chi connectivity index (χ3n) is 4.40. The third kappa shape index (κ3) is 4.96. The molecule has 0 unspecified atom stereocenters. The van der Waals surface area contributed by atoms with Crippen LogP contribution in [0.1, 0.15) is 30.7 Å². The lowest BCUT2D eigenvalue weighted by molar-refractivity contribution is -0.917. The van der Waals surface area contributed by atoms with Gasteiger partial charge in [0.2, 0.25) is 0 Å². The number of quaternary nitrogens is 1. The molecule has 22 heavy (non-hydrogen) atoms. The molecule has 0 aliphatic carbocycles. The predicted octanol–water partition coefficient (Wildman–Crippen LogP) is 1.20. The summed E-state index contributed by atoms with van der Waals surface area (Å²) in [6.45, 7) is 5.22. The number of pyridine rings is 1. The summed E-state index contributed by atoms with van der Waals surface area (Å²) in [5.74, 6) is 0.0892. The van der Waals surface area contributed by atoms with E-state index >= 15 is 0 Å². The van der Waals surface area contributed by atoms with Crippen molar-refractivity contribution in [1.29, 1.82) is 0 Å². The predicted molar refractivity (Wildman–Crippen MR) is 83.2 cm³/mol. The molecule has 1 saturated heterocycles. The minimum atomic E-state index is 0.0892. The van der Waals surface area contributed by atoms with E-state index in [2.05, 4.69) is 17.2 Å². The van der Waals surface area contributed by atoms with Gasteiger partial charge in [-0.15, -0.1) is 0 Å². The van der Waals surface area contributed by atoms with Crippen LogP contribution in [0.25, 0.3) is 0 Å². The molecule has 0 radical (unpaired) electrons. The molecule has 6 nitrogen and oxygen atoms in total. The molecule has 2 rings (SSSR count). The molecule has 2 heterocycles. The van der Waals surface area contributed by atoms with E-state index in [0.717, 1.165) is 49.3 Å². The molecule has 0 amide bonds. The molecular weight excluding hydrogens is 282 g/mol. The molecule has 1 aromatic heterocycles. The Morgan fingerprint density at radius 2 is 2.05 bits per heavy atom. The van der Waals surface area contributed by atoms with Crippen molar-refractivity contribution in [3.63, 3.8) is 0 Å². The van der Waals surface area contributed by atoms with Crippen molar-refractivity contribution in [3.8, 4) is 5.75 Å². The minimum Gasteiger partial charge on any atom is -0.502 e. The SMILES string of the molecule is C[N+]1(CCCCCc2ccc(O)c(/C=N/O)[nH+]2)CCOCC1. The van der Waals surface area contributed by atoms with Crippen LogP contribution in [-0.4, -0.2) is 60.9 Å². The first kappa shape index (κ1) is 16.7. The Hall–Kier alpha value is -1.66. The molecular formula is C16H27N3O3+2. The smallest absolute Gasteiger partial charge is 0.267 e. The number of rotatable bonds is 7. The number of likely N-dealkylation sites (N-methyl/N-ethyl adjacent to an activating group) is 1. The fraction of sp³-hybridized carbons (Fsp3) is 0.625. The molecule has 6 heteroatoms. The topological polar surface area (TPSA) is 76.2 Å². The van der Waals surface area contributed by atoms with Crippen LogP contribution >= 0.6 is 0 Å². The second-order valence-electron chi connectivity index (χ2n) is 6.24. The fourth-order valence-electron chi connectivity index (χ4n) is 2.84. The zero-order valence-corrected chi connectivity index (χ0v) is 13.3. The maximum absolute atomic E-state index is 9.60. The zero-order valence-electron chi connectivity index (χ0n) is 13.3. The second kappa shape index (κ2) is 8.10. The number of H-pyrrole nitrogens is 1. The molecule has 122 valence electrons. The van der Waals surface area contributed by atoms with E-state index in [0.29, 0.717) is 5.69 Å². The van der Waals surface area contributed by atoms with Gasteiger partial charge < -0.3 is 19.5 Å². The Labute approximate surface area is 131 Å². The average Bonchev–Trinajstić information content (AvgIpc) is 2.51. The van der Waals surface area contributed by atoms with Crippen molar-refractivity contribution < 1.29 is 24.5 Å². The number of aromatic nitrogens is 1. The summed E-state index contributed by atoms with van der Waals surface area (Å²) in [6.07, 6.45) is 5.65. The Morgan fingerprint density at radius 3 is 2.77 bits per heavy atom. The van der Waals surface area contributed by atoms with Crippen LogP contribution in [0.5, 0.6) is 5.75 Å². The number of aryl methyl sites for hydroxylation is 1. The number of ether oxygens (including phenoxy) is 1. The summed E-state index contributed by atoms with van der Waals surface area (Å²) in [7, 11) is 2.32. The van der Waals surface area contributed by atoms with Gasteiger partial charge in [0.1, 0.15) is 19.3 Å². The number of aromatic amines is 1. The van der Waals surface area contributed by atoms with Crippen molar-refractivity contribution in [2.45, 2.75) is 25.7 Å². The van der Waals surface area contributed by atoms with Gasteiger partial charge in [0.15, 0.2) is 11.4 Å². The first-order chi connectivity index (χ1) is 10.6. The van der Waals surface area contributed by atoms with E-state index in [1.54, 1.807) is 6.07 Å². The highest BCUT2D eigenvalue weighted by atomic mass is 16.5. The van der Waals surface area contributed by atoms with Crippen LogP contribution in [0.4, 0.5) is 0 Å². The average molecular weight is 309 g/mol. The quantitative estimate of drug-likeness (QED) is 0.261. The molecule has 0 bridgehead atoms.